The first-order chi connectivity index (χ1) is 10.7. The topological polar surface area (TPSA) is 32.7 Å². The number of hydrogen-bond acceptors (Lipinski definition) is 3. The van der Waals surface area contributed by atoms with Crippen LogP contribution in [0, 0.1) is 0 Å². The first-order valence-electron chi connectivity index (χ1n) is 6.92. The molecule has 0 spiro atoms. The highest BCUT2D eigenvalue weighted by Crippen LogP contribution is 2.47. The van der Waals surface area contributed by atoms with Crippen LogP contribution in [0.4, 0.5) is 18.9 Å². The molecule has 1 unspecified atom stereocenters. The van der Waals surface area contributed by atoms with E-state index in [1.165, 1.54) is 54.5 Å². The number of aliphatic hydroxyl groups is 1. The Hall–Kier alpha value is -2.21. The van der Waals surface area contributed by atoms with Gasteiger partial charge < -0.3 is 14.7 Å². The van der Waals surface area contributed by atoms with E-state index in [1.54, 1.807) is 20.2 Å². The number of alkyl halides is 3. The van der Waals surface area contributed by atoms with Crippen molar-refractivity contribution in [1.29, 1.82) is 0 Å². The number of benzene rings is 2. The maximum atomic E-state index is 13.8. The summed E-state index contributed by atoms with van der Waals surface area (Å²) < 4.78 is 46.5. The fourth-order valence-corrected chi connectivity index (χ4v) is 2.49. The Morgan fingerprint density at radius 1 is 1.00 bits per heavy atom. The Kier molecular flexibility index (Phi) is 4.56. The molecule has 23 heavy (non-hydrogen) atoms. The molecule has 2 rings (SSSR count). The summed E-state index contributed by atoms with van der Waals surface area (Å²) in [6.45, 7) is 0. The highest BCUT2D eigenvalue weighted by molar-refractivity contribution is 5.59. The minimum absolute atomic E-state index is 0.231. The lowest BCUT2D eigenvalue weighted by molar-refractivity contribution is -0.248. The smallest absolute Gasteiger partial charge is 0.425 e. The predicted octanol–water partition coefficient (Wildman–Crippen LogP) is 3.56. The Morgan fingerprint density at radius 2 is 1.65 bits per heavy atom. The van der Waals surface area contributed by atoms with Crippen LogP contribution in [0.5, 0.6) is 5.75 Å². The zero-order valence-electron chi connectivity index (χ0n) is 13.1. The third kappa shape index (κ3) is 2.99. The van der Waals surface area contributed by atoms with E-state index in [2.05, 4.69) is 0 Å². The molecular weight excluding hydrogens is 307 g/mol. The molecule has 0 saturated carbocycles. The minimum Gasteiger partial charge on any atom is -0.497 e. The molecule has 0 heterocycles. The summed E-state index contributed by atoms with van der Waals surface area (Å²) in [6.07, 6.45) is -4.90. The molecule has 2 aromatic rings. The van der Waals surface area contributed by atoms with Crippen molar-refractivity contribution in [2.75, 3.05) is 26.1 Å². The van der Waals surface area contributed by atoms with Crippen LogP contribution in [0.2, 0.25) is 0 Å². The molecule has 2 aromatic carbocycles. The van der Waals surface area contributed by atoms with E-state index in [0.29, 0.717) is 0 Å². The van der Waals surface area contributed by atoms with Gasteiger partial charge in [0, 0.05) is 30.9 Å². The number of anilines is 1. The van der Waals surface area contributed by atoms with Crippen molar-refractivity contribution in [1.82, 2.24) is 0 Å². The second-order valence-electron chi connectivity index (χ2n) is 5.35. The summed E-state index contributed by atoms with van der Waals surface area (Å²) in [5.74, 6) is 0.243. The van der Waals surface area contributed by atoms with Crippen LogP contribution in [-0.4, -0.2) is 32.5 Å². The van der Waals surface area contributed by atoms with Crippen LogP contribution >= 0.6 is 0 Å². The fraction of sp³-hybridized carbons (Fsp3) is 0.294. The summed E-state index contributed by atoms with van der Waals surface area (Å²) in [5.41, 5.74) is -3.37. The quantitative estimate of drug-likeness (QED) is 0.933. The van der Waals surface area contributed by atoms with Crippen LogP contribution in [0.25, 0.3) is 0 Å². The van der Waals surface area contributed by atoms with Crippen LogP contribution in [0.3, 0.4) is 0 Å². The monoisotopic (exact) mass is 325 g/mol. The molecule has 3 nitrogen and oxygen atoms in total. The number of ether oxygens (including phenoxy) is 1. The van der Waals surface area contributed by atoms with E-state index in [0.717, 1.165) is 0 Å². The van der Waals surface area contributed by atoms with E-state index >= 15 is 0 Å². The number of methoxy groups -OCH3 is 1. The first kappa shape index (κ1) is 17.1. The maximum absolute atomic E-state index is 13.8. The van der Waals surface area contributed by atoms with Crippen LogP contribution in [-0.2, 0) is 5.60 Å². The minimum atomic E-state index is -4.90. The van der Waals surface area contributed by atoms with Crippen molar-refractivity contribution >= 4 is 5.69 Å². The van der Waals surface area contributed by atoms with Gasteiger partial charge in [0.05, 0.1) is 7.11 Å². The highest BCUT2D eigenvalue weighted by atomic mass is 19.4. The van der Waals surface area contributed by atoms with E-state index in [9.17, 15) is 18.3 Å². The molecule has 0 aliphatic rings. The maximum Gasteiger partial charge on any atom is 0.425 e. The van der Waals surface area contributed by atoms with Crippen molar-refractivity contribution in [3.05, 3.63) is 59.7 Å². The van der Waals surface area contributed by atoms with E-state index in [4.69, 9.17) is 4.74 Å². The largest absolute Gasteiger partial charge is 0.497 e. The van der Waals surface area contributed by atoms with Gasteiger partial charge in [-0.05, 0) is 18.2 Å². The summed E-state index contributed by atoms with van der Waals surface area (Å²) >= 11 is 0. The lowest BCUT2D eigenvalue weighted by Gasteiger charge is -2.34. The summed E-state index contributed by atoms with van der Waals surface area (Å²) in [5, 5.41) is 10.7. The second kappa shape index (κ2) is 6.12. The second-order valence-corrected chi connectivity index (χ2v) is 5.35. The van der Waals surface area contributed by atoms with Gasteiger partial charge in [-0.15, -0.1) is 0 Å². The first-order valence-corrected chi connectivity index (χ1v) is 6.92. The summed E-state index contributed by atoms with van der Waals surface area (Å²) in [6, 6.07) is 11.3. The van der Waals surface area contributed by atoms with Gasteiger partial charge in [0.1, 0.15) is 5.75 Å². The molecule has 0 saturated heterocycles. The number of nitrogens with zero attached hydrogens (tertiary/aromatic N) is 1. The number of para-hydroxylation sites is 1. The molecule has 0 bridgehead atoms. The number of halogens is 3. The van der Waals surface area contributed by atoms with Gasteiger partial charge in [-0.25, -0.2) is 0 Å². The third-order valence-electron chi connectivity index (χ3n) is 3.67. The van der Waals surface area contributed by atoms with Crippen LogP contribution in [0.1, 0.15) is 11.1 Å². The molecule has 0 aliphatic carbocycles. The molecule has 0 aromatic heterocycles. The SMILES string of the molecule is COc1cccc(C(O)(c2ccccc2N(C)C)C(F)(F)F)c1. The summed E-state index contributed by atoms with van der Waals surface area (Å²) in [4.78, 5) is 1.53. The Bertz CT molecular complexity index is 686. The molecule has 0 amide bonds. The van der Waals surface area contributed by atoms with E-state index < -0.39 is 11.8 Å². The Balaban J connectivity index is 2.76. The average molecular weight is 325 g/mol. The Labute approximate surface area is 132 Å². The van der Waals surface area contributed by atoms with Gasteiger partial charge >= 0.3 is 6.18 Å². The van der Waals surface area contributed by atoms with Gasteiger partial charge in [0.15, 0.2) is 0 Å². The van der Waals surface area contributed by atoms with Crippen molar-refractivity contribution in [2.24, 2.45) is 0 Å². The lowest BCUT2D eigenvalue weighted by Crippen LogP contribution is -2.44. The predicted molar refractivity (Wildman–Crippen MR) is 82.8 cm³/mol. The van der Waals surface area contributed by atoms with E-state index in [-0.39, 0.29) is 22.6 Å². The van der Waals surface area contributed by atoms with Gasteiger partial charge in [0.2, 0.25) is 5.60 Å². The molecular formula is C17H18F3NO2. The summed E-state index contributed by atoms with van der Waals surface area (Å²) in [7, 11) is 4.61. The normalized spacial score (nSPS) is 14.2. The fourth-order valence-electron chi connectivity index (χ4n) is 2.49. The molecule has 6 heteroatoms. The van der Waals surface area contributed by atoms with Gasteiger partial charge in [-0.1, -0.05) is 30.3 Å². The lowest BCUT2D eigenvalue weighted by atomic mass is 9.84. The number of hydrogen-bond donors (Lipinski definition) is 1. The molecule has 0 fully saturated rings. The molecule has 124 valence electrons. The van der Waals surface area contributed by atoms with Crippen LogP contribution in [0.15, 0.2) is 48.5 Å². The number of rotatable bonds is 4. The van der Waals surface area contributed by atoms with Crippen molar-refractivity contribution < 1.29 is 23.0 Å². The molecule has 1 atom stereocenters. The molecule has 0 radical (unpaired) electrons. The van der Waals surface area contributed by atoms with Crippen molar-refractivity contribution in [2.45, 2.75) is 11.8 Å². The van der Waals surface area contributed by atoms with Crippen LogP contribution < -0.4 is 9.64 Å². The molecule has 0 aliphatic heterocycles. The van der Waals surface area contributed by atoms with Gasteiger partial charge in [-0.2, -0.15) is 13.2 Å². The van der Waals surface area contributed by atoms with Gasteiger partial charge in [0.25, 0.3) is 0 Å². The van der Waals surface area contributed by atoms with E-state index in [1.807, 2.05) is 0 Å². The molecule has 1 N–H and O–H groups in total. The third-order valence-corrected chi connectivity index (χ3v) is 3.67. The van der Waals surface area contributed by atoms with Crippen molar-refractivity contribution in [3.63, 3.8) is 0 Å². The van der Waals surface area contributed by atoms with Crippen molar-refractivity contribution in [3.8, 4) is 5.75 Å². The highest BCUT2D eigenvalue weighted by Gasteiger charge is 2.57. The van der Waals surface area contributed by atoms with Gasteiger partial charge in [-0.3, -0.25) is 0 Å². The zero-order chi connectivity index (χ0) is 17.3. The standard InChI is InChI=1S/C17H18F3NO2/c1-21(2)15-10-5-4-9-14(15)16(22,17(18,19)20)12-7-6-8-13(11-12)23-3/h4-11,22H,1-3H3. The Morgan fingerprint density at radius 3 is 2.22 bits per heavy atom. The zero-order valence-corrected chi connectivity index (χ0v) is 13.1. The average Bonchev–Trinajstić information content (AvgIpc) is 2.53.